The minimum Gasteiger partial charge on any atom is -0.493 e. The summed E-state index contributed by atoms with van der Waals surface area (Å²) in [5, 5.41) is 3.96. The number of hydrogen-bond donors (Lipinski definition) is 1. The summed E-state index contributed by atoms with van der Waals surface area (Å²) in [6.07, 6.45) is 2.91. The van der Waals surface area contributed by atoms with Crippen molar-refractivity contribution < 1.29 is 14.0 Å². The fraction of sp³-hybridized carbons (Fsp3) is 0.467. The molecule has 120 valence electrons. The van der Waals surface area contributed by atoms with Gasteiger partial charge < -0.3 is 19.7 Å². The van der Waals surface area contributed by atoms with Crippen molar-refractivity contribution >= 4 is 12.4 Å². The average Bonchev–Trinajstić information content (AvgIpc) is 2.92. The molecule has 2 N–H and O–H groups in total. The monoisotopic (exact) mass is 325 g/mol. The van der Waals surface area contributed by atoms with Crippen LogP contribution in [-0.4, -0.2) is 17.3 Å². The summed E-state index contributed by atoms with van der Waals surface area (Å²) in [6.45, 7) is 2.19. The van der Waals surface area contributed by atoms with Crippen molar-refractivity contribution in [3.05, 3.63) is 35.5 Å². The fourth-order valence-corrected chi connectivity index (χ4v) is 2.33. The molecule has 1 aromatic carbocycles. The predicted octanol–water partition coefficient (Wildman–Crippen LogP) is 2.73. The molecule has 0 spiro atoms. The number of aromatic nitrogens is 2. The van der Waals surface area contributed by atoms with Gasteiger partial charge in [0.25, 0.3) is 5.89 Å². The molecule has 0 radical (unpaired) electrons. The Kier molecular flexibility index (Phi) is 4.93. The smallest absolute Gasteiger partial charge is 0.264 e. The Bertz CT molecular complexity index is 641. The van der Waals surface area contributed by atoms with Crippen molar-refractivity contribution in [1.82, 2.24) is 10.1 Å². The molecule has 22 heavy (non-hydrogen) atoms. The van der Waals surface area contributed by atoms with E-state index < -0.39 is 5.54 Å². The van der Waals surface area contributed by atoms with Gasteiger partial charge in [0.1, 0.15) is 0 Å². The molecule has 0 amide bonds. The second-order valence-corrected chi connectivity index (χ2v) is 5.46. The van der Waals surface area contributed by atoms with Crippen molar-refractivity contribution in [3.63, 3.8) is 0 Å². The van der Waals surface area contributed by atoms with Gasteiger partial charge in [-0.25, -0.2) is 0 Å². The van der Waals surface area contributed by atoms with Crippen LogP contribution in [0.25, 0.3) is 0 Å². The largest absolute Gasteiger partial charge is 0.493 e. The Morgan fingerprint density at radius 3 is 2.73 bits per heavy atom. The van der Waals surface area contributed by atoms with Gasteiger partial charge in [-0.3, -0.25) is 0 Å². The highest BCUT2D eigenvalue weighted by Gasteiger charge is 2.38. The number of methoxy groups -OCH3 is 1. The van der Waals surface area contributed by atoms with E-state index in [0.29, 0.717) is 23.2 Å². The standard InChI is InChI=1S/C15H19N3O3.ClH/c1-10-4-5-11(12(8-10)19-2)20-9-13-17-14(18-21-13)15(16)6-3-7-15;/h4-5,8H,3,6-7,9,16H2,1-2H3;1H. The topological polar surface area (TPSA) is 83.4 Å². The molecule has 6 nitrogen and oxygen atoms in total. The molecule has 1 aliphatic carbocycles. The molecule has 0 unspecified atom stereocenters. The Balaban J connectivity index is 0.00000176. The highest BCUT2D eigenvalue weighted by molar-refractivity contribution is 5.85. The van der Waals surface area contributed by atoms with Crippen LogP contribution in [0.1, 0.15) is 36.5 Å². The number of nitrogens with two attached hydrogens (primary N) is 1. The highest BCUT2D eigenvalue weighted by atomic mass is 35.5. The van der Waals surface area contributed by atoms with Crippen LogP contribution in [-0.2, 0) is 12.1 Å². The number of rotatable bonds is 5. The lowest BCUT2D eigenvalue weighted by molar-refractivity contribution is 0.220. The lowest BCUT2D eigenvalue weighted by atomic mass is 9.77. The molecule has 1 saturated carbocycles. The first-order valence-electron chi connectivity index (χ1n) is 7.00. The van der Waals surface area contributed by atoms with Crippen molar-refractivity contribution in [3.8, 4) is 11.5 Å². The van der Waals surface area contributed by atoms with E-state index in [2.05, 4.69) is 10.1 Å². The number of nitrogens with zero attached hydrogens (tertiary/aromatic N) is 2. The van der Waals surface area contributed by atoms with E-state index in [9.17, 15) is 0 Å². The highest BCUT2D eigenvalue weighted by Crippen LogP contribution is 2.37. The third kappa shape index (κ3) is 3.18. The van der Waals surface area contributed by atoms with E-state index in [1.807, 2.05) is 25.1 Å². The van der Waals surface area contributed by atoms with Crippen LogP contribution in [0.2, 0.25) is 0 Å². The summed E-state index contributed by atoms with van der Waals surface area (Å²) < 4.78 is 16.2. The van der Waals surface area contributed by atoms with Gasteiger partial charge in [-0.05, 0) is 43.9 Å². The predicted molar refractivity (Wildman–Crippen MR) is 83.3 cm³/mol. The lowest BCUT2D eigenvalue weighted by Gasteiger charge is -2.34. The van der Waals surface area contributed by atoms with Gasteiger partial charge in [-0.1, -0.05) is 11.2 Å². The maximum Gasteiger partial charge on any atom is 0.264 e. The van der Waals surface area contributed by atoms with Gasteiger partial charge in [0.05, 0.1) is 12.6 Å². The van der Waals surface area contributed by atoms with Gasteiger partial charge in [-0.15, -0.1) is 12.4 Å². The van der Waals surface area contributed by atoms with E-state index in [-0.39, 0.29) is 19.0 Å². The SMILES string of the molecule is COc1cc(C)ccc1OCc1nc(C2(N)CCC2)no1.Cl. The Hall–Kier alpha value is -1.79. The van der Waals surface area contributed by atoms with Crippen LogP contribution in [0.4, 0.5) is 0 Å². The third-order valence-electron chi connectivity index (χ3n) is 3.83. The normalized spacial score (nSPS) is 15.6. The van der Waals surface area contributed by atoms with Crippen LogP contribution < -0.4 is 15.2 Å². The van der Waals surface area contributed by atoms with E-state index in [1.54, 1.807) is 7.11 Å². The summed E-state index contributed by atoms with van der Waals surface area (Å²) in [4.78, 5) is 4.32. The summed E-state index contributed by atoms with van der Waals surface area (Å²) in [5.41, 5.74) is 6.85. The van der Waals surface area contributed by atoms with E-state index in [0.717, 1.165) is 24.8 Å². The van der Waals surface area contributed by atoms with Crippen LogP contribution in [0, 0.1) is 6.92 Å². The van der Waals surface area contributed by atoms with Gasteiger partial charge >= 0.3 is 0 Å². The van der Waals surface area contributed by atoms with Crippen molar-refractivity contribution in [2.75, 3.05) is 7.11 Å². The number of ether oxygens (including phenoxy) is 2. The number of benzene rings is 1. The van der Waals surface area contributed by atoms with Crippen LogP contribution >= 0.6 is 12.4 Å². The zero-order chi connectivity index (χ0) is 14.9. The molecule has 3 rings (SSSR count). The van der Waals surface area contributed by atoms with E-state index in [1.165, 1.54) is 0 Å². The molecule has 0 bridgehead atoms. The molecule has 0 atom stereocenters. The first-order chi connectivity index (χ1) is 10.1. The molecule has 1 aliphatic rings. The van der Waals surface area contributed by atoms with Gasteiger partial charge in [-0.2, -0.15) is 4.98 Å². The van der Waals surface area contributed by atoms with Crippen molar-refractivity contribution in [1.29, 1.82) is 0 Å². The quantitative estimate of drug-likeness (QED) is 0.910. The first-order valence-corrected chi connectivity index (χ1v) is 7.00. The second kappa shape index (κ2) is 6.54. The van der Waals surface area contributed by atoms with E-state index >= 15 is 0 Å². The summed E-state index contributed by atoms with van der Waals surface area (Å²) in [6, 6.07) is 5.74. The number of halogens is 1. The molecule has 1 aromatic heterocycles. The minimum absolute atomic E-state index is 0. The van der Waals surface area contributed by atoms with Gasteiger partial charge in [0, 0.05) is 0 Å². The first kappa shape index (κ1) is 16.6. The maximum atomic E-state index is 6.16. The fourth-order valence-electron chi connectivity index (χ4n) is 2.33. The molecule has 1 heterocycles. The zero-order valence-corrected chi connectivity index (χ0v) is 13.5. The lowest BCUT2D eigenvalue weighted by Crippen LogP contribution is -2.44. The number of aryl methyl sites for hydroxylation is 1. The summed E-state index contributed by atoms with van der Waals surface area (Å²) in [7, 11) is 1.61. The molecule has 2 aromatic rings. The van der Waals surface area contributed by atoms with Crippen LogP contribution in [0.3, 0.4) is 0 Å². The summed E-state index contributed by atoms with van der Waals surface area (Å²) >= 11 is 0. The second-order valence-electron chi connectivity index (χ2n) is 5.46. The molecule has 0 saturated heterocycles. The zero-order valence-electron chi connectivity index (χ0n) is 12.7. The van der Waals surface area contributed by atoms with Gasteiger partial charge in [0.2, 0.25) is 0 Å². The van der Waals surface area contributed by atoms with E-state index in [4.69, 9.17) is 19.7 Å². The van der Waals surface area contributed by atoms with Crippen LogP contribution in [0.5, 0.6) is 11.5 Å². The maximum absolute atomic E-state index is 6.16. The number of hydrogen-bond acceptors (Lipinski definition) is 6. The molecule has 0 aliphatic heterocycles. The molecular formula is C15H20ClN3O3. The Morgan fingerprint density at radius 2 is 2.09 bits per heavy atom. The van der Waals surface area contributed by atoms with Gasteiger partial charge in [0.15, 0.2) is 23.9 Å². The molecule has 1 fully saturated rings. The average molecular weight is 326 g/mol. The van der Waals surface area contributed by atoms with Crippen LogP contribution in [0.15, 0.2) is 22.7 Å². The van der Waals surface area contributed by atoms with Crippen molar-refractivity contribution in [2.45, 2.75) is 38.3 Å². The van der Waals surface area contributed by atoms with Crippen molar-refractivity contribution in [2.24, 2.45) is 5.73 Å². The Morgan fingerprint density at radius 1 is 1.32 bits per heavy atom. The molecular weight excluding hydrogens is 306 g/mol. The minimum atomic E-state index is -0.413. The Labute approximate surface area is 135 Å². The molecule has 7 heteroatoms. The summed E-state index contributed by atoms with van der Waals surface area (Å²) in [5.74, 6) is 2.32. The third-order valence-corrected chi connectivity index (χ3v) is 3.83.